The molecule has 5 rings (SSSR count). The number of nitrogens with one attached hydrogen (secondary N) is 2. The highest BCUT2D eigenvalue weighted by Crippen LogP contribution is 2.31. The Morgan fingerprint density at radius 2 is 1.48 bits per heavy atom. The zero-order valence-electron chi connectivity index (χ0n) is 21.4. The average molecular weight is 634 g/mol. The van der Waals surface area contributed by atoms with Crippen LogP contribution in [0.15, 0.2) is 64.4 Å². The third-order valence-electron chi connectivity index (χ3n) is 5.88. The second kappa shape index (κ2) is 11.7. The van der Waals surface area contributed by atoms with Crippen molar-refractivity contribution in [3.8, 4) is 0 Å². The van der Waals surface area contributed by atoms with E-state index in [4.69, 9.17) is 0 Å². The summed E-state index contributed by atoms with van der Waals surface area (Å²) in [7, 11) is -9.65. The fraction of sp³-hybridized carbons (Fsp3) is 0.167. The molecule has 0 radical (unpaired) electrons. The number of para-hydroxylation sites is 1. The van der Waals surface area contributed by atoms with E-state index in [0.717, 1.165) is 16.3 Å². The lowest BCUT2D eigenvalue weighted by Gasteiger charge is -2.21. The molecule has 0 aliphatic carbocycles. The summed E-state index contributed by atoms with van der Waals surface area (Å²) >= 11 is 1.37. The number of anilines is 5. The van der Waals surface area contributed by atoms with Gasteiger partial charge in [-0.1, -0.05) is 29.5 Å². The highest BCUT2D eigenvalue weighted by atomic mass is 32.2. The minimum Gasteiger partial charge on any atom is -0.395 e. The molecule has 3 aromatic carbocycles. The van der Waals surface area contributed by atoms with Crippen molar-refractivity contribution < 1.29 is 36.2 Å². The molecule has 0 spiro atoms. The van der Waals surface area contributed by atoms with Crippen LogP contribution in [-0.4, -0.2) is 82.4 Å². The molecular weight excluding hydrogens is 611 g/mol. The van der Waals surface area contributed by atoms with Gasteiger partial charge in [-0.2, -0.15) is 31.8 Å². The quantitative estimate of drug-likeness (QED) is 0.115. The highest BCUT2D eigenvalue weighted by molar-refractivity contribution is 7.86. The van der Waals surface area contributed by atoms with Gasteiger partial charge in [0.1, 0.15) is 4.90 Å². The molecule has 42 heavy (non-hydrogen) atoms. The summed E-state index contributed by atoms with van der Waals surface area (Å²) < 4.78 is 67.5. The molecule has 0 amide bonds. The molecular formula is C24H23N7O8S3. The minimum atomic E-state index is -4.84. The maximum atomic E-state index is 11.9. The van der Waals surface area contributed by atoms with Gasteiger partial charge in [-0.3, -0.25) is 14.4 Å². The zero-order valence-corrected chi connectivity index (χ0v) is 23.9. The van der Waals surface area contributed by atoms with Gasteiger partial charge < -0.3 is 20.4 Å². The second-order valence-electron chi connectivity index (χ2n) is 8.76. The van der Waals surface area contributed by atoms with Crippen molar-refractivity contribution in [3.05, 3.63) is 54.6 Å². The van der Waals surface area contributed by atoms with E-state index >= 15 is 0 Å². The summed E-state index contributed by atoms with van der Waals surface area (Å²) in [4.78, 5) is 17.8. The summed E-state index contributed by atoms with van der Waals surface area (Å²) in [6.07, 6.45) is 0. The number of thiazole rings is 1. The monoisotopic (exact) mass is 633 g/mol. The lowest BCUT2D eigenvalue weighted by molar-refractivity contribution is 0.280. The SMILES string of the molecule is O=S(=O)(O)c1cc(S(=O)(=O)O)c2ccc(Nc3nc(Nc4nc5ccccc5s4)nc(N(CCO)CCO)n3)cc2c1. The van der Waals surface area contributed by atoms with Gasteiger partial charge in [0.2, 0.25) is 17.8 Å². The van der Waals surface area contributed by atoms with Gasteiger partial charge in [-0.15, -0.1) is 0 Å². The third kappa shape index (κ3) is 6.54. The summed E-state index contributed by atoms with van der Waals surface area (Å²) in [6.45, 7) is -0.271. The maximum absolute atomic E-state index is 11.9. The molecule has 6 N–H and O–H groups in total. The van der Waals surface area contributed by atoms with Crippen LogP contribution in [0.2, 0.25) is 0 Å². The predicted molar refractivity (Wildman–Crippen MR) is 156 cm³/mol. The fourth-order valence-corrected chi connectivity index (χ4v) is 6.29. The van der Waals surface area contributed by atoms with Gasteiger partial charge in [0.15, 0.2) is 5.13 Å². The van der Waals surface area contributed by atoms with Crippen molar-refractivity contribution in [2.45, 2.75) is 9.79 Å². The number of fused-ring (bicyclic) bond motifs is 2. The van der Waals surface area contributed by atoms with Crippen LogP contribution < -0.4 is 15.5 Å². The number of aliphatic hydroxyl groups is 2. The molecule has 0 aliphatic heterocycles. The number of nitrogens with zero attached hydrogens (tertiary/aromatic N) is 5. The predicted octanol–water partition coefficient (Wildman–Crippen LogP) is 2.41. The van der Waals surface area contributed by atoms with Gasteiger partial charge in [-0.05, 0) is 41.8 Å². The Morgan fingerprint density at radius 1 is 0.786 bits per heavy atom. The normalized spacial score (nSPS) is 12.1. The smallest absolute Gasteiger partial charge is 0.295 e. The summed E-state index contributed by atoms with van der Waals surface area (Å²) in [6, 6.07) is 13.4. The minimum absolute atomic E-state index is 0.00189. The first-order chi connectivity index (χ1) is 19.9. The summed E-state index contributed by atoms with van der Waals surface area (Å²) in [5.74, 6) is 0.206. The number of hydrogen-bond donors (Lipinski definition) is 6. The molecule has 0 unspecified atom stereocenters. The largest absolute Gasteiger partial charge is 0.395 e. The molecule has 0 saturated heterocycles. The number of aromatic nitrogens is 4. The zero-order chi connectivity index (χ0) is 30.1. The van der Waals surface area contributed by atoms with Crippen LogP contribution in [-0.2, 0) is 20.2 Å². The van der Waals surface area contributed by atoms with E-state index in [1.54, 1.807) is 0 Å². The lowest BCUT2D eigenvalue weighted by atomic mass is 10.1. The van der Waals surface area contributed by atoms with Crippen molar-refractivity contribution in [2.75, 3.05) is 41.8 Å². The standard InChI is InChI=1S/C24H23N7O8S3/c32-9-7-31(8-10-33)23-28-21(27-22(29-23)30-24-26-18-3-1-2-4-19(18)40-24)25-15-5-6-17-14(11-15)12-16(41(34,35)36)13-20(17)42(37,38)39/h1-6,11-13,32-33H,7-10H2,(H,34,35,36)(H,37,38,39)(H2,25,26,27,28,29,30). The van der Waals surface area contributed by atoms with Gasteiger partial charge in [0.05, 0.1) is 28.3 Å². The van der Waals surface area contributed by atoms with Crippen LogP contribution in [0.5, 0.6) is 0 Å². The third-order valence-corrected chi connectivity index (χ3v) is 8.56. The number of benzene rings is 3. The average Bonchev–Trinajstić information content (AvgIpc) is 3.33. The molecule has 0 saturated carbocycles. The second-order valence-corrected chi connectivity index (χ2v) is 12.6. The first-order valence-electron chi connectivity index (χ1n) is 12.1. The van der Waals surface area contributed by atoms with Gasteiger partial charge in [0, 0.05) is 24.2 Å². The number of rotatable bonds is 11. The van der Waals surface area contributed by atoms with E-state index in [9.17, 15) is 36.2 Å². The van der Waals surface area contributed by atoms with E-state index < -0.39 is 30.0 Å². The summed E-state index contributed by atoms with van der Waals surface area (Å²) in [5, 5.41) is 25.6. The molecule has 5 aromatic rings. The van der Waals surface area contributed by atoms with E-state index in [0.29, 0.717) is 11.2 Å². The van der Waals surface area contributed by atoms with Crippen molar-refractivity contribution in [1.82, 2.24) is 19.9 Å². The Balaban J connectivity index is 1.57. The van der Waals surface area contributed by atoms with Crippen LogP contribution in [0.4, 0.5) is 28.7 Å². The van der Waals surface area contributed by atoms with Crippen molar-refractivity contribution in [2.24, 2.45) is 0 Å². The Kier molecular flexibility index (Phi) is 8.19. The van der Waals surface area contributed by atoms with Crippen LogP contribution in [0.25, 0.3) is 21.0 Å². The maximum Gasteiger partial charge on any atom is 0.295 e. The topological polar surface area (TPSA) is 228 Å². The number of hydrogen-bond acceptors (Lipinski definition) is 14. The van der Waals surface area contributed by atoms with Gasteiger partial charge >= 0.3 is 0 Å². The van der Waals surface area contributed by atoms with Gasteiger partial charge in [0.25, 0.3) is 20.2 Å². The van der Waals surface area contributed by atoms with Crippen LogP contribution in [0, 0.1) is 0 Å². The fourth-order valence-electron chi connectivity index (χ4n) is 4.07. The molecule has 220 valence electrons. The first kappa shape index (κ1) is 29.5. The molecule has 0 atom stereocenters. The van der Waals surface area contributed by atoms with E-state index in [1.807, 2.05) is 24.3 Å². The van der Waals surface area contributed by atoms with Crippen LogP contribution in [0.1, 0.15) is 0 Å². The van der Waals surface area contributed by atoms with E-state index in [2.05, 4.69) is 30.6 Å². The Morgan fingerprint density at radius 3 is 2.12 bits per heavy atom. The van der Waals surface area contributed by atoms with Crippen molar-refractivity contribution >= 4 is 81.2 Å². The Labute approximate surface area is 243 Å². The molecule has 15 nitrogen and oxygen atoms in total. The van der Waals surface area contributed by atoms with Crippen molar-refractivity contribution in [1.29, 1.82) is 0 Å². The van der Waals surface area contributed by atoms with Crippen LogP contribution >= 0.6 is 11.3 Å². The first-order valence-corrected chi connectivity index (χ1v) is 15.8. The van der Waals surface area contributed by atoms with E-state index in [-0.39, 0.29) is 60.6 Å². The van der Waals surface area contributed by atoms with Crippen LogP contribution in [0.3, 0.4) is 0 Å². The van der Waals surface area contributed by atoms with E-state index in [1.165, 1.54) is 34.4 Å². The van der Waals surface area contributed by atoms with Gasteiger partial charge in [-0.25, -0.2) is 4.98 Å². The molecule has 2 heterocycles. The Bertz CT molecular complexity index is 1960. The molecule has 0 bridgehead atoms. The molecule has 0 aliphatic rings. The lowest BCUT2D eigenvalue weighted by Crippen LogP contribution is -2.31. The molecule has 18 heteroatoms. The summed E-state index contributed by atoms with van der Waals surface area (Å²) in [5.41, 5.74) is 1.06. The Hall–Kier alpha value is -4.04. The molecule has 2 aromatic heterocycles. The highest BCUT2D eigenvalue weighted by Gasteiger charge is 2.21. The number of aliphatic hydroxyl groups excluding tert-OH is 2. The molecule has 0 fully saturated rings. The van der Waals surface area contributed by atoms with Crippen molar-refractivity contribution in [3.63, 3.8) is 0 Å².